The number of hydrogen-bond donors (Lipinski definition) is 1. The maximum absolute atomic E-state index is 11.9. The fraction of sp³-hybridized carbons (Fsp3) is 0.800. The first-order valence-corrected chi connectivity index (χ1v) is 6.87. The highest BCUT2D eigenvalue weighted by molar-refractivity contribution is 7.89. The van der Waals surface area contributed by atoms with Gasteiger partial charge in [0.1, 0.15) is 0 Å². The van der Waals surface area contributed by atoms with Crippen molar-refractivity contribution in [1.29, 1.82) is 5.26 Å². The van der Waals surface area contributed by atoms with Gasteiger partial charge in [-0.25, -0.2) is 12.7 Å². The van der Waals surface area contributed by atoms with Gasteiger partial charge in [0, 0.05) is 26.6 Å². The lowest BCUT2D eigenvalue weighted by molar-refractivity contribution is -0.124. The average Bonchev–Trinajstić information content (AvgIpc) is 2.28. The third kappa shape index (κ3) is 3.98. The summed E-state index contributed by atoms with van der Waals surface area (Å²) in [5.41, 5.74) is 0. The van der Waals surface area contributed by atoms with Crippen LogP contribution >= 0.6 is 0 Å². The van der Waals surface area contributed by atoms with E-state index in [-0.39, 0.29) is 18.9 Å². The molecule has 0 aliphatic heterocycles. The van der Waals surface area contributed by atoms with Gasteiger partial charge in [-0.1, -0.05) is 13.8 Å². The highest BCUT2D eigenvalue weighted by Gasteiger charge is 2.30. The second kappa shape index (κ2) is 6.57. The molecular formula is C10H19N3O3S. The minimum Gasteiger partial charge on any atom is -0.359 e. The van der Waals surface area contributed by atoms with Crippen LogP contribution in [0.3, 0.4) is 0 Å². The first-order valence-electron chi connectivity index (χ1n) is 5.37. The van der Waals surface area contributed by atoms with Crippen LogP contribution in [0.1, 0.15) is 20.3 Å². The molecule has 0 radical (unpaired) electrons. The van der Waals surface area contributed by atoms with Crippen LogP contribution in [0, 0.1) is 17.2 Å². The minimum absolute atomic E-state index is 0.0696. The van der Waals surface area contributed by atoms with Gasteiger partial charge in [-0.05, 0) is 6.42 Å². The average molecular weight is 261 g/mol. The molecule has 0 aliphatic carbocycles. The number of carbonyl (C=O) groups excluding carboxylic acids is 1. The summed E-state index contributed by atoms with van der Waals surface area (Å²) in [4.78, 5) is 11.3. The first kappa shape index (κ1) is 15.9. The Balaban J connectivity index is 4.78. The first-order chi connectivity index (χ1) is 7.81. The number of hydrogen-bond acceptors (Lipinski definition) is 4. The van der Waals surface area contributed by atoms with E-state index in [2.05, 4.69) is 5.32 Å². The van der Waals surface area contributed by atoms with Gasteiger partial charge in [0.05, 0.1) is 6.07 Å². The number of nitrogens with one attached hydrogen (secondary N) is 1. The third-order valence-corrected chi connectivity index (χ3v) is 4.71. The smallest absolute Gasteiger partial charge is 0.230 e. The second-order valence-corrected chi connectivity index (χ2v) is 6.09. The maximum Gasteiger partial charge on any atom is 0.230 e. The Hall–Kier alpha value is -1.13. The summed E-state index contributed by atoms with van der Waals surface area (Å²) in [6.45, 7) is 3.35. The molecule has 0 saturated heterocycles. The van der Waals surface area contributed by atoms with Gasteiger partial charge >= 0.3 is 0 Å². The standard InChI is InChI=1S/C10H19N3O3S/c1-5-9(6-11)17(15,16)13(4)7-8(2)10(14)12-3/h8-9H,5,7H2,1-4H3,(H,12,14). The molecule has 7 heteroatoms. The summed E-state index contributed by atoms with van der Waals surface area (Å²) in [6.07, 6.45) is 0.234. The Morgan fingerprint density at radius 3 is 2.41 bits per heavy atom. The minimum atomic E-state index is -3.65. The Kier molecular flexibility index (Phi) is 6.13. The zero-order chi connectivity index (χ0) is 13.6. The quantitative estimate of drug-likeness (QED) is 0.724. The maximum atomic E-state index is 11.9. The summed E-state index contributed by atoms with van der Waals surface area (Å²) in [6, 6.07) is 1.76. The molecule has 17 heavy (non-hydrogen) atoms. The van der Waals surface area contributed by atoms with E-state index in [1.54, 1.807) is 19.9 Å². The molecule has 98 valence electrons. The summed E-state index contributed by atoms with van der Waals surface area (Å²) >= 11 is 0. The van der Waals surface area contributed by atoms with E-state index in [0.29, 0.717) is 0 Å². The van der Waals surface area contributed by atoms with Crippen molar-refractivity contribution in [3.05, 3.63) is 0 Å². The number of carbonyl (C=O) groups is 1. The lowest BCUT2D eigenvalue weighted by Crippen LogP contribution is -2.41. The summed E-state index contributed by atoms with van der Waals surface area (Å²) in [5.74, 6) is -0.673. The zero-order valence-corrected chi connectivity index (χ0v) is 11.4. The SMILES string of the molecule is CCC(C#N)S(=O)(=O)N(C)CC(C)C(=O)NC. The molecule has 0 rings (SSSR count). The van der Waals surface area contributed by atoms with E-state index >= 15 is 0 Å². The molecule has 0 spiro atoms. The highest BCUT2D eigenvalue weighted by atomic mass is 32.2. The van der Waals surface area contributed by atoms with Crippen molar-refractivity contribution < 1.29 is 13.2 Å². The van der Waals surface area contributed by atoms with Crippen molar-refractivity contribution in [3.8, 4) is 6.07 Å². The third-order valence-electron chi connectivity index (χ3n) is 2.53. The Labute approximate surface area is 103 Å². The Morgan fingerprint density at radius 1 is 1.53 bits per heavy atom. The van der Waals surface area contributed by atoms with Crippen LogP contribution in [0.25, 0.3) is 0 Å². The Bertz CT molecular complexity index is 400. The number of nitriles is 1. The topological polar surface area (TPSA) is 90.3 Å². The molecule has 0 fully saturated rings. The van der Waals surface area contributed by atoms with E-state index in [1.165, 1.54) is 14.1 Å². The van der Waals surface area contributed by atoms with Crippen molar-refractivity contribution in [2.45, 2.75) is 25.5 Å². The lowest BCUT2D eigenvalue weighted by Gasteiger charge is -2.22. The summed E-state index contributed by atoms with van der Waals surface area (Å²) in [7, 11) is -0.765. The highest BCUT2D eigenvalue weighted by Crippen LogP contribution is 2.12. The van der Waals surface area contributed by atoms with Crippen LogP contribution in [0.2, 0.25) is 0 Å². The van der Waals surface area contributed by atoms with Crippen LogP contribution in [-0.2, 0) is 14.8 Å². The molecular weight excluding hydrogens is 242 g/mol. The monoisotopic (exact) mass is 261 g/mol. The molecule has 1 N–H and O–H groups in total. The van der Waals surface area contributed by atoms with Crippen LogP contribution in [-0.4, -0.2) is 44.5 Å². The van der Waals surface area contributed by atoms with Crippen LogP contribution in [0.15, 0.2) is 0 Å². The van der Waals surface area contributed by atoms with Gasteiger partial charge in [-0.2, -0.15) is 5.26 Å². The van der Waals surface area contributed by atoms with Gasteiger partial charge < -0.3 is 5.32 Å². The van der Waals surface area contributed by atoms with E-state index in [9.17, 15) is 13.2 Å². The zero-order valence-electron chi connectivity index (χ0n) is 10.6. The van der Waals surface area contributed by atoms with Crippen LogP contribution in [0.5, 0.6) is 0 Å². The number of sulfonamides is 1. The number of rotatable bonds is 6. The molecule has 2 atom stereocenters. The van der Waals surface area contributed by atoms with Gasteiger partial charge in [-0.3, -0.25) is 4.79 Å². The fourth-order valence-corrected chi connectivity index (χ4v) is 2.82. The van der Waals surface area contributed by atoms with E-state index in [1.807, 2.05) is 0 Å². The second-order valence-electron chi connectivity index (χ2n) is 3.87. The number of nitrogens with zero attached hydrogens (tertiary/aromatic N) is 2. The van der Waals surface area contributed by atoms with E-state index in [4.69, 9.17) is 5.26 Å². The summed E-state index contributed by atoms with van der Waals surface area (Å²) in [5, 5.41) is 10.2. The van der Waals surface area contributed by atoms with Crippen LogP contribution in [0.4, 0.5) is 0 Å². The van der Waals surface area contributed by atoms with Gasteiger partial charge in [0.25, 0.3) is 0 Å². The molecule has 2 unspecified atom stereocenters. The normalized spacial score (nSPS) is 15.1. The Morgan fingerprint density at radius 2 is 2.06 bits per heavy atom. The van der Waals surface area contributed by atoms with E-state index < -0.39 is 21.2 Å². The largest absolute Gasteiger partial charge is 0.359 e. The molecule has 0 aromatic carbocycles. The van der Waals surface area contributed by atoms with Gasteiger partial charge in [0.15, 0.2) is 5.25 Å². The molecule has 0 heterocycles. The molecule has 0 aromatic rings. The van der Waals surface area contributed by atoms with Gasteiger partial charge in [-0.15, -0.1) is 0 Å². The molecule has 0 saturated carbocycles. The molecule has 6 nitrogen and oxygen atoms in total. The van der Waals surface area contributed by atoms with Crippen molar-refractivity contribution >= 4 is 15.9 Å². The molecule has 1 amide bonds. The summed E-state index contributed by atoms with van der Waals surface area (Å²) < 4.78 is 24.9. The van der Waals surface area contributed by atoms with Crippen molar-refractivity contribution in [2.75, 3.05) is 20.6 Å². The predicted molar refractivity (Wildman–Crippen MR) is 64.5 cm³/mol. The van der Waals surface area contributed by atoms with Crippen molar-refractivity contribution in [3.63, 3.8) is 0 Å². The van der Waals surface area contributed by atoms with Crippen molar-refractivity contribution in [2.24, 2.45) is 5.92 Å². The van der Waals surface area contributed by atoms with Crippen molar-refractivity contribution in [1.82, 2.24) is 9.62 Å². The molecule has 0 bridgehead atoms. The lowest BCUT2D eigenvalue weighted by atomic mass is 10.2. The van der Waals surface area contributed by atoms with Gasteiger partial charge in [0.2, 0.25) is 15.9 Å². The number of amides is 1. The molecule has 0 aliphatic rings. The van der Waals surface area contributed by atoms with E-state index in [0.717, 1.165) is 4.31 Å². The molecule has 0 aromatic heterocycles. The fourth-order valence-electron chi connectivity index (χ4n) is 1.40. The predicted octanol–water partition coefficient (Wildman–Crippen LogP) is -0.0677. The van der Waals surface area contributed by atoms with Crippen LogP contribution < -0.4 is 5.32 Å².